The first-order valence-electron chi connectivity index (χ1n) is 1.01. The molecule has 0 aliphatic rings. The van der Waals surface area contributed by atoms with E-state index >= 15 is 0 Å². The van der Waals surface area contributed by atoms with E-state index in [1.54, 1.807) is 0 Å². The van der Waals surface area contributed by atoms with Crippen molar-refractivity contribution in [2.75, 3.05) is 0 Å². The van der Waals surface area contributed by atoms with Gasteiger partial charge in [0.15, 0.2) is 4.75 Å². The third-order valence-corrected chi connectivity index (χ3v) is 0.495. The van der Waals surface area contributed by atoms with Gasteiger partial charge in [0.25, 0.3) is 0 Å². The van der Waals surface area contributed by atoms with Crippen LogP contribution in [0.25, 0.3) is 0 Å². The molecule has 44 valence electrons. The summed E-state index contributed by atoms with van der Waals surface area (Å²) >= 11 is 0. The summed E-state index contributed by atoms with van der Waals surface area (Å²) in [6, 6.07) is 0. The Morgan fingerprint density at radius 2 is 1.43 bits per heavy atom. The Hall–Kier alpha value is -0.300. The Labute approximate surface area is 37.6 Å². The Balaban J connectivity index is 4.10. The molecule has 0 atom stereocenters. The second-order valence-corrected chi connectivity index (χ2v) is 1.71. The molecule has 7 heteroatoms. The Morgan fingerprint density at radius 1 is 1.29 bits per heavy atom. The topological polar surface area (TPSA) is 37.4 Å². The molecule has 0 spiro atoms. The molecule has 0 N–H and O–H groups in total. The maximum atomic E-state index is 10.7. The van der Waals surface area contributed by atoms with Crippen LogP contribution in [0.5, 0.6) is 0 Å². The van der Waals surface area contributed by atoms with Crippen LogP contribution in [0, 0.1) is 0 Å². The predicted molar refractivity (Wildman–Crippen MR) is 14.1 cm³/mol. The molecule has 0 amide bonds. The molecule has 0 heterocycles. The highest BCUT2D eigenvalue weighted by Crippen LogP contribution is 2.01. The van der Waals surface area contributed by atoms with Gasteiger partial charge in [-0.3, -0.25) is 0 Å². The van der Waals surface area contributed by atoms with Crippen molar-refractivity contribution in [3.8, 4) is 0 Å². The highest BCUT2D eigenvalue weighted by atomic mass is 32.3. The molecule has 0 aliphatic heterocycles. The quantitative estimate of drug-likeness (QED) is 0.382. The molecule has 0 aromatic carbocycles. The number of hydrogen-bond acceptors (Lipinski definition) is 2. The van der Waals surface area contributed by atoms with E-state index in [-0.39, 0.29) is 0 Å². The van der Waals surface area contributed by atoms with Crippen LogP contribution >= 0.6 is 0 Å². The van der Waals surface area contributed by atoms with Crippen LogP contribution in [-0.4, -0.2) is 13.2 Å². The molecule has 0 aromatic heterocycles. The van der Waals surface area contributed by atoms with Crippen molar-refractivity contribution in [1.29, 1.82) is 0 Å². The van der Waals surface area contributed by atoms with Crippen LogP contribution in [0.4, 0.5) is 12.8 Å². The largest absolute Gasteiger partial charge is 0.430 e. The molecule has 0 radical (unpaired) electrons. The van der Waals surface area contributed by atoms with E-state index in [9.17, 15) is 12.8 Å². The van der Waals surface area contributed by atoms with E-state index < -0.39 is 15.2 Å². The van der Waals surface area contributed by atoms with Gasteiger partial charge in [0.1, 0.15) is 0 Å². The second kappa shape index (κ2) is 1.66. The third kappa shape index (κ3) is 2.40. The zero-order valence-electron chi connectivity index (χ0n) is 2.81. The first-order chi connectivity index (χ1) is 2.94. The van der Waals surface area contributed by atoms with Crippen LogP contribution in [-0.2, 0) is 10.4 Å². The number of hydrogen-bond donors (Lipinski definition) is 0. The maximum absolute atomic E-state index is 10.7. The Bertz CT molecular complexity index is 135. The van der Waals surface area contributed by atoms with Crippen LogP contribution in [0.1, 0.15) is 0 Å². The monoisotopic (exact) mass is 135 g/mol. The van der Waals surface area contributed by atoms with Gasteiger partial charge >= 0.3 is 10.4 Å². The minimum Gasteiger partial charge on any atom is -0.172 e. The van der Waals surface area contributed by atoms with Crippen LogP contribution in [0.3, 0.4) is 0 Å². The molecule has 0 bridgehead atoms. The molecule has 0 fully saturated rings. The van der Waals surface area contributed by atoms with Crippen molar-refractivity contribution < 1.29 is 21.3 Å². The third-order valence-electron chi connectivity index (χ3n) is 0.165. The molecular weight excluding hydrogens is 135 g/mol. The second-order valence-electron chi connectivity index (χ2n) is 0.614. The lowest BCUT2D eigenvalue weighted by molar-refractivity contribution is -0.0591. The van der Waals surface area contributed by atoms with Crippen molar-refractivity contribution in [1.82, 2.24) is 4.75 Å². The molecular formula is F3NO2S. The fourth-order valence-corrected chi connectivity index (χ4v) is 0. The fraction of sp³-hybridized carbons (Fsp3) is 0. The van der Waals surface area contributed by atoms with Crippen LogP contribution < -0.4 is 0 Å². The highest BCUT2D eigenvalue weighted by molar-refractivity contribution is 7.83. The summed E-state index contributed by atoms with van der Waals surface area (Å²) in [6.07, 6.45) is 0. The zero-order chi connectivity index (χ0) is 6.08. The summed E-state index contributed by atoms with van der Waals surface area (Å²) < 4.78 is 46.7. The van der Waals surface area contributed by atoms with E-state index in [0.29, 0.717) is 0 Å². The smallest absolute Gasteiger partial charge is 0.172 e. The normalized spacial score (nSPS) is 12.6. The van der Waals surface area contributed by atoms with Crippen molar-refractivity contribution in [3.63, 3.8) is 0 Å². The summed E-state index contributed by atoms with van der Waals surface area (Å²) in [4.78, 5) is 0. The standard InChI is InChI=1S/F3NO2S/c1-4(2)7(3,5)6. The number of nitrogens with zero attached hydrogens (tertiary/aromatic N) is 1. The van der Waals surface area contributed by atoms with Gasteiger partial charge in [-0.25, -0.2) is 0 Å². The molecule has 0 aliphatic carbocycles. The lowest BCUT2D eigenvalue weighted by Gasteiger charge is -1.85. The zero-order valence-corrected chi connectivity index (χ0v) is 3.62. The average Bonchev–Trinajstić information content (AvgIpc) is 1.31. The van der Waals surface area contributed by atoms with Crippen molar-refractivity contribution in [3.05, 3.63) is 0 Å². The van der Waals surface area contributed by atoms with Gasteiger partial charge in [0.2, 0.25) is 0 Å². The molecule has 0 saturated heterocycles. The molecule has 0 saturated carbocycles. The lowest BCUT2D eigenvalue weighted by Crippen LogP contribution is -2.06. The summed E-state index contributed by atoms with van der Waals surface area (Å²) in [5, 5.41) is 0. The Kier molecular flexibility index (Phi) is 1.59. The molecule has 3 nitrogen and oxygen atoms in total. The minimum absolute atomic E-state index is 2.51. The van der Waals surface area contributed by atoms with Crippen molar-refractivity contribution in [2.45, 2.75) is 0 Å². The first kappa shape index (κ1) is 6.70. The van der Waals surface area contributed by atoms with Gasteiger partial charge in [-0.15, -0.1) is 0 Å². The molecule has 0 unspecified atom stereocenters. The van der Waals surface area contributed by atoms with Crippen molar-refractivity contribution >= 4 is 10.4 Å². The van der Waals surface area contributed by atoms with E-state index in [0.717, 1.165) is 0 Å². The Morgan fingerprint density at radius 3 is 1.43 bits per heavy atom. The van der Waals surface area contributed by atoms with Gasteiger partial charge in [0, 0.05) is 0 Å². The van der Waals surface area contributed by atoms with Gasteiger partial charge in [-0.1, -0.05) is 12.8 Å². The predicted octanol–water partition coefficient (Wildman–Crippen LogP) is 0.272. The molecule has 7 heavy (non-hydrogen) atoms. The van der Waals surface area contributed by atoms with Gasteiger partial charge in [-0.05, 0) is 0 Å². The highest BCUT2D eigenvalue weighted by Gasteiger charge is 2.18. The van der Waals surface area contributed by atoms with Crippen molar-refractivity contribution in [2.24, 2.45) is 0 Å². The van der Waals surface area contributed by atoms with E-state index in [1.165, 1.54) is 0 Å². The van der Waals surface area contributed by atoms with Gasteiger partial charge in [-0.2, -0.15) is 8.42 Å². The van der Waals surface area contributed by atoms with Crippen LogP contribution in [0.15, 0.2) is 0 Å². The fourth-order valence-electron chi connectivity index (χ4n) is 0. The summed E-state index contributed by atoms with van der Waals surface area (Å²) in [5.41, 5.74) is 0. The summed E-state index contributed by atoms with van der Waals surface area (Å²) in [7, 11) is -5.74. The van der Waals surface area contributed by atoms with Gasteiger partial charge in [0.05, 0.1) is 0 Å². The number of halogens is 3. The van der Waals surface area contributed by atoms with E-state index in [2.05, 4.69) is 0 Å². The van der Waals surface area contributed by atoms with Crippen LogP contribution in [0.2, 0.25) is 0 Å². The van der Waals surface area contributed by atoms with E-state index in [1.807, 2.05) is 0 Å². The lowest BCUT2D eigenvalue weighted by atomic mass is 13.6. The first-order valence-corrected chi connectivity index (χ1v) is 2.35. The summed E-state index contributed by atoms with van der Waals surface area (Å²) in [6.45, 7) is 0. The number of rotatable bonds is 1. The minimum atomic E-state index is -5.74. The maximum Gasteiger partial charge on any atom is 0.430 e. The molecule has 0 aromatic rings. The SMILES string of the molecule is O=S(=O)(F)N(F)F. The van der Waals surface area contributed by atoms with Gasteiger partial charge < -0.3 is 0 Å². The average molecular weight is 135 g/mol. The van der Waals surface area contributed by atoms with E-state index in [4.69, 9.17) is 8.42 Å². The summed E-state index contributed by atoms with van der Waals surface area (Å²) in [5.74, 6) is 0. The molecule has 0 rings (SSSR count).